The predicted molar refractivity (Wildman–Crippen MR) is 226 cm³/mol. The molecule has 56 heavy (non-hydrogen) atoms. The zero-order chi connectivity index (χ0) is 38.2. The highest BCUT2D eigenvalue weighted by atomic mass is 16.6. The minimum absolute atomic E-state index is 0.372. The van der Waals surface area contributed by atoms with E-state index in [9.17, 15) is 4.79 Å². The highest BCUT2D eigenvalue weighted by molar-refractivity contribution is 6.11. The summed E-state index contributed by atoms with van der Waals surface area (Å²) in [6, 6.07) is 46.7. The first-order valence-corrected chi connectivity index (χ1v) is 19.2. The first kappa shape index (κ1) is 35.2. The molecule has 0 N–H and O–H groups in total. The molecule has 0 amide bonds. The standard InChI is InChI=1S/C50H42N2O4/c1-32(49-51-46(35-18-6-4-7-19-35)47(56-49)36-20-8-5-9-21-36)52(2)44(55-50(53)43-29-27-34-17-11-15-25-41(34)48(43)54-3)31-38-30-37-22-12-13-23-39(37)42-28-26-33-16-10-14-24-40(33)45(38)42/h4-13,15-23,25-30,32,44H,14,24,31H2,1-3H3. The summed E-state index contributed by atoms with van der Waals surface area (Å²) in [5, 5.41) is 6.62. The van der Waals surface area contributed by atoms with Gasteiger partial charge >= 0.3 is 5.97 Å². The van der Waals surface area contributed by atoms with Crippen LogP contribution in [-0.2, 0) is 17.6 Å². The Bertz CT molecular complexity index is 2700. The second-order valence-corrected chi connectivity index (χ2v) is 14.5. The maximum Gasteiger partial charge on any atom is 0.343 e. The molecule has 9 rings (SSSR count). The molecule has 0 fully saturated rings. The number of aromatic nitrogens is 1. The molecule has 1 heterocycles. The smallest absolute Gasteiger partial charge is 0.343 e. The van der Waals surface area contributed by atoms with Gasteiger partial charge in [-0.15, -0.1) is 0 Å². The molecule has 7 aromatic carbocycles. The lowest BCUT2D eigenvalue weighted by molar-refractivity contribution is -0.0397. The minimum atomic E-state index is -0.708. The van der Waals surface area contributed by atoms with E-state index in [1.165, 1.54) is 27.3 Å². The minimum Gasteiger partial charge on any atom is -0.495 e. The van der Waals surface area contributed by atoms with E-state index in [-0.39, 0.29) is 6.04 Å². The van der Waals surface area contributed by atoms with Gasteiger partial charge in [-0.05, 0) is 76.5 Å². The summed E-state index contributed by atoms with van der Waals surface area (Å²) in [4.78, 5) is 21.7. The zero-order valence-electron chi connectivity index (χ0n) is 31.7. The number of hydrogen-bond acceptors (Lipinski definition) is 6. The van der Waals surface area contributed by atoms with Gasteiger partial charge in [-0.3, -0.25) is 4.90 Å². The number of aryl methyl sites for hydroxylation is 1. The van der Waals surface area contributed by atoms with E-state index in [2.05, 4.69) is 66.4 Å². The van der Waals surface area contributed by atoms with Crippen LogP contribution in [0.15, 0.2) is 150 Å². The third-order valence-corrected chi connectivity index (χ3v) is 11.2. The van der Waals surface area contributed by atoms with Crippen LogP contribution in [-0.4, -0.2) is 36.2 Å². The lowest BCUT2D eigenvalue weighted by Crippen LogP contribution is -2.39. The van der Waals surface area contributed by atoms with E-state index >= 15 is 0 Å². The summed E-state index contributed by atoms with van der Waals surface area (Å²) >= 11 is 0. The Balaban J connectivity index is 1.17. The first-order chi connectivity index (χ1) is 27.5. The number of carbonyl (C=O) groups excluding carboxylic acids is 1. The molecule has 0 spiro atoms. The second-order valence-electron chi connectivity index (χ2n) is 14.5. The highest BCUT2D eigenvalue weighted by Gasteiger charge is 2.32. The van der Waals surface area contributed by atoms with Crippen LogP contribution in [0.3, 0.4) is 0 Å². The number of fused-ring (bicyclic) bond motifs is 6. The number of esters is 1. The Morgan fingerprint density at radius 3 is 2.25 bits per heavy atom. The zero-order valence-corrected chi connectivity index (χ0v) is 31.7. The van der Waals surface area contributed by atoms with Crippen LogP contribution in [0.1, 0.15) is 52.3 Å². The number of carbonyl (C=O) groups is 1. The topological polar surface area (TPSA) is 64.8 Å². The van der Waals surface area contributed by atoms with E-state index < -0.39 is 12.2 Å². The molecule has 1 aliphatic rings. The number of allylic oxidation sites excluding steroid dienone is 1. The molecule has 8 aromatic rings. The van der Waals surface area contributed by atoms with Crippen LogP contribution in [0.5, 0.6) is 5.75 Å². The molecule has 0 radical (unpaired) electrons. The van der Waals surface area contributed by atoms with Gasteiger partial charge in [0.1, 0.15) is 17.0 Å². The van der Waals surface area contributed by atoms with Crippen LogP contribution in [0.2, 0.25) is 0 Å². The monoisotopic (exact) mass is 734 g/mol. The fraction of sp³-hybridized carbons (Fsp3) is 0.160. The number of benzene rings is 7. The molecule has 1 aliphatic carbocycles. The van der Waals surface area contributed by atoms with Gasteiger partial charge in [0.2, 0.25) is 5.89 Å². The van der Waals surface area contributed by atoms with E-state index in [0.29, 0.717) is 29.4 Å². The van der Waals surface area contributed by atoms with E-state index in [1.807, 2.05) is 98.0 Å². The van der Waals surface area contributed by atoms with Gasteiger partial charge in [0, 0.05) is 22.9 Å². The SMILES string of the molecule is COc1c(C(=O)OC(Cc2cc3ccccc3c3ccc4c(c23)CCC=C4)N(C)C(C)c2nc(-c3ccccc3)c(-c3ccccc3)o2)ccc2ccccc12. The Labute approximate surface area is 326 Å². The molecule has 1 aromatic heterocycles. The van der Waals surface area contributed by atoms with E-state index in [1.54, 1.807) is 13.2 Å². The van der Waals surface area contributed by atoms with Crippen LogP contribution in [0, 0.1) is 0 Å². The van der Waals surface area contributed by atoms with Crippen molar-refractivity contribution in [1.29, 1.82) is 0 Å². The summed E-state index contributed by atoms with van der Waals surface area (Å²) in [5.41, 5.74) is 6.72. The number of likely N-dealkylation sites (N-methyl/N-ethyl adjacent to an activating group) is 1. The highest BCUT2D eigenvalue weighted by Crippen LogP contribution is 2.39. The molecule has 2 unspecified atom stereocenters. The molecule has 0 aliphatic heterocycles. The lowest BCUT2D eigenvalue weighted by atomic mass is 9.86. The number of rotatable bonds is 10. The summed E-state index contributed by atoms with van der Waals surface area (Å²) in [5.74, 6) is 1.25. The lowest BCUT2D eigenvalue weighted by Gasteiger charge is -2.32. The number of nitrogens with zero attached hydrogens (tertiary/aromatic N) is 2. The molecular formula is C50H42N2O4. The van der Waals surface area contributed by atoms with Gasteiger partial charge in [0.15, 0.2) is 12.0 Å². The van der Waals surface area contributed by atoms with E-state index in [4.69, 9.17) is 18.9 Å². The quantitative estimate of drug-likeness (QED) is 0.0792. The number of methoxy groups -OCH3 is 1. The summed E-state index contributed by atoms with van der Waals surface area (Å²) < 4.78 is 19.2. The molecule has 6 nitrogen and oxygen atoms in total. The molecular weight excluding hydrogens is 693 g/mol. The van der Waals surface area contributed by atoms with Crippen LogP contribution >= 0.6 is 0 Å². The van der Waals surface area contributed by atoms with Crippen molar-refractivity contribution < 1.29 is 18.7 Å². The number of hydrogen-bond donors (Lipinski definition) is 0. The van der Waals surface area contributed by atoms with Crippen molar-refractivity contribution in [2.45, 2.75) is 38.5 Å². The summed E-state index contributed by atoms with van der Waals surface area (Å²) in [6.07, 6.45) is 6.12. The second kappa shape index (κ2) is 15.0. The molecule has 276 valence electrons. The molecule has 0 saturated heterocycles. The fourth-order valence-electron chi connectivity index (χ4n) is 8.19. The van der Waals surface area contributed by atoms with Gasteiger partial charge < -0.3 is 13.9 Å². The van der Waals surface area contributed by atoms with Crippen molar-refractivity contribution >= 4 is 44.4 Å². The molecule has 2 atom stereocenters. The third-order valence-electron chi connectivity index (χ3n) is 11.2. The molecule has 0 saturated carbocycles. The Morgan fingerprint density at radius 2 is 1.48 bits per heavy atom. The number of oxazole rings is 1. The van der Waals surface area contributed by atoms with Gasteiger partial charge in [0.25, 0.3) is 0 Å². The van der Waals surface area contributed by atoms with Crippen molar-refractivity contribution in [1.82, 2.24) is 9.88 Å². The first-order valence-electron chi connectivity index (χ1n) is 19.2. The van der Waals surface area contributed by atoms with Gasteiger partial charge in [-0.2, -0.15) is 0 Å². The van der Waals surface area contributed by atoms with Gasteiger partial charge in [0.05, 0.1) is 13.2 Å². The van der Waals surface area contributed by atoms with Crippen molar-refractivity contribution in [3.05, 3.63) is 174 Å². The summed E-state index contributed by atoms with van der Waals surface area (Å²) in [7, 11) is 3.58. The largest absolute Gasteiger partial charge is 0.495 e. The average molecular weight is 735 g/mol. The van der Waals surface area contributed by atoms with Gasteiger partial charge in [-0.1, -0.05) is 146 Å². The van der Waals surface area contributed by atoms with Crippen molar-refractivity contribution in [2.75, 3.05) is 14.2 Å². The van der Waals surface area contributed by atoms with Crippen molar-refractivity contribution in [3.8, 4) is 28.3 Å². The third kappa shape index (κ3) is 6.42. The fourth-order valence-corrected chi connectivity index (χ4v) is 8.19. The maximum absolute atomic E-state index is 14.5. The van der Waals surface area contributed by atoms with Crippen molar-refractivity contribution in [2.24, 2.45) is 0 Å². The van der Waals surface area contributed by atoms with E-state index in [0.717, 1.165) is 51.4 Å². The Morgan fingerprint density at radius 1 is 0.786 bits per heavy atom. The number of ether oxygens (including phenoxy) is 2. The maximum atomic E-state index is 14.5. The average Bonchev–Trinajstić information content (AvgIpc) is 3.71. The molecule has 0 bridgehead atoms. The Hall–Kier alpha value is -6.50. The van der Waals surface area contributed by atoms with Gasteiger partial charge in [-0.25, -0.2) is 9.78 Å². The Kier molecular flexibility index (Phi) is 9.41. The predicted octanol–water partition coefficient (Wildman–Crippen LogP) is 11.9. The summed E-state index contributed by atoms with van der Waals surface area (Å²) in [6.45, 7) is 2.05. The normalized spacial score (nSPS) is 13.6. The van der Waals surface area contributed by atoms with Crippen LogP contribution in [0.4, 0.5) is 0 Å². The van der Waals surface area contributed by atoms with Crippen LogP contribution in [0.25, 0.3) is 61.0 Å². The molecule has 6 heteroatoms. The van der Waals surface area contributed by atoms with Crippen molar-refractivity contribution in [3.63, 3.8) is 0 Å². The van der Waals surface area contributed by atoms with Crippen LogP contribution < -0.4 is 4.74 Å².